The number of pyridine rings is 1. The molecule has 0 aromatic carbocycles. The number of anilines is 1. The molecular weight excluding hydrogens is 303 g/mol. The van der Waals surface area contributed by atoms with E-state index in [4.69, 9.17) is 13.6 Å². The fraction of sp³-hybridized carbons (Fsp3) is 0.667. The Kier molecular flexibility index (Phi) is 8.04. The lowest BCUT2D eigenvalue weighted by Gasteiger charge is -2.20. The van der Waals surface area contributed by atoms with Crippen molar-refractivity contribution in [3.05, 3.63) is 23.9 Å². The number of phosphoric acid groups is 1. The van der Waals surface area contributed by atoms with Crippen LogP contribution in [0.1, 0.15) is 33.3 Å². The first-order chi connectivity index (χ1) is 10.4. The molecule has 0 radical (unpaired) electrons. The summed E-state index contributed by atoms with van der Waals surface area (Å²) in [4.78, 5) is 4.18. The van der Waals surface area contributed by atoms with Gasteiger partial charge in [-0.15, -0.1) is 0 Å². The SMILES string of the molecule is CNc1ncccc1COP(=O)(OCC(C)C)OCC(C)C. The smallest absolute Gasteiger partial charge is 0.373 e. The number of aromatic nitrogens is 1. The molecule has 0 aliphatic carbocycles. The Morgan fingerprint density at radius 2 is 1.73 bits per heavy atom. The van der Waals surface area contributed by atoms with E-state index in [-0.39, 0.29) is 18.4 Å². The number of nitrogens with zero attached hydrogens (tertiary/aromatic N) is 1. The van der Waals surface area contributed by atoms with Gasteiger partial charge < -0.3 is 5.32 Å². The van der Waals surface area contributed by atoms with Crippen LogP contribution in [-0.4, -0.2) is 25.2 Å². The van der Waals surface area contributed by atoms with Crippen molar-refractivity contribution in [3.8, 4) is 0 Å². The van der Waals surface area contributed by atoms with Crippen molar-refractivity contribution in [1.82, 2.24) is 4.98 Å². The Morgan fingerprint density at radius 3 is 2.23 bits per heavy atom. The predicted molar refractivity (Wildman–Crippen MR) is 87.8 cm³/mol. The van der Waals surface area contributed by atoms with E-state index in [2.05, 4.69) is 10.3 Å². The van der Waals surface area contributed by atoms with E-state index in [1.165, 1.54) is 0 Å². The molecule has 1 heterocycles. The molecule has 0 atom stereocenters. The number of hydrogen-bond donors (Lipinski definition) is 1. The topological polar surface area (TPSA) is 69.7 Å². The summed E-state index contributed by atoms with van der Waals surface area (Å²) in [5, 5.41) is 2.97. The van der Waals surface area contributed by atoms with Gasteiger partial charge in [-0.05, 0) is 17.9 Å². The molecule has 0 aliphatic heterocycles. The summed E-state index contributed by atoms with van der Waals surface area (Å²) in [6.45, 7) is 8.67. The van der Waals surface area contributed by atoms with Gasteiger partial charge in [0.1, 0.15) is 5.82 Å². The quantitative estimate of drug-likeness (QED) is 0.652. The van der Waals surface area contributed by atoms with Gasteiger partial charge in [0.15, 0.2) is 0 Å². The van der Waals surface area contributed by atoms with E-state index in [0.29, 0.717) is 19.0 Å². The molecule has 0 fully saturated rings. The van der Waals surface area contributed by atoms with E-state index >= 15 is 0 Å². The Morgan fingerprint density at radius 1 is 1.14 bits per heavy atom. The average molecular weight is 330 g/mol. The molecule has 6 nitrogen and oxygen atoms in total. The molecule has 0 aliphatic rings. The minimum Gasteiger partial charge on any atom is -0.373 e. The molecule has 0 saturated carbocycles. The number of phosphoric ester groups is 1. The maximum Gasteiger partial charge on any atom is 0.475 e. The van der Waals surface area contributed by atoms with Gasteiger partial charge in [-0.3, -0.25) is 13.6 Å². The molecule has 1 rings (SSSR count). The molecule has 1 N–H and O–H groups in total. The van der Waals surface area contributed by atoms with Crippen LogP contribution in [-0.2, 0) is 24.7 Å². The second-order valence-corrected chi connectivity index (χ2v) is 7.53. The largest absolute Gasteiger partial charge is 0.475 e. The monoisotopic (exact) mass is 330 g/mol. The molecule has 0 saturated heterocycles. The van der Waals surface area contributed by atoms with Crippen molar-refractivity contribution >= 4 is 13.6 Å². The summed E-state index contributed by atoms with van der Waals surface area (Å²) in [7, 11) is -1.80. The van der Waals surface area contributed by atoms with Crippen LogP contribution in [0.25, 0.3) is 0 Å². The summed E-state index contributed by atoms with van der Waals surface area (Å²) in [6.07, 6.45) is 1.68. The highest BCUT2D eigenvalue weighted by Crippen LogP contribution is 2.51. The third-order valence-corrected chi connectivity index (χ3v) is 4.01. The second-order valence-electron chi connectivity index (χ2n) is 5.86. The molecule has 0 unspecified atom stereocenters. The van der Waals surface area contributed by atoms with E-state index in [1.807, 2.05) is 33.8 Å². The van der Waals surface area contributed by atoms with Gasteiger partial charge >= 0.3 is 7.82 Å². The lowest BCUT2D eigenvalue weighted by atomic mass is 10.2. The first-order valence-electron chi connectivity index (χ1n) is 7.51. The summed E-state index contributed by atoms with van der Waals surface area (Å²) in [5.41, 5.74) is 0.798. The Labute approximate surface area is 133 Å². The molecule has 0 amide bonds. The average Bonchev–Trinajstić information content (AvgIpc) is 2.49. The molecule has 1 aromatic heterocycles. The third-order valence-electron chi connectivity index (χ3n) is 2.64. The fourth-order valence-electron chi connectivity index (χ4n) is 1.52. The van der Waals surface area contributed by atoms with Crippen LogP contribution in [0.15, 0.2) is 18.3 Å². The van der Waals surface area contributed by atoms with Gasteiger partial charge in [0.05, 0.1) is 19.8 Å². The first-order valence-corrected chi connectivity index (χ1v) is 8.97. The van der Waals surface area contributed by atoms with E-state index < -0.39 is 7.82 Å². The van der Waals surface area contributed by atoms with Gasteiger partial charge in [-0.1, -0.05) is 33.8 Å². The Bertz CT molecular complexity index is 478. The van der Waals surface area contributed by atoms with E-state index in [1.54, 1.807) is 19.3 Å². The van der Waals surface area contributed by atoms with Crippen molar-refractivity contribution < 1.29 is 18.1 Å². The first kappa shape index (κ1) is 19.1. The molecular formula is C15H27N2O4P. The highest BCUT2D eigenvalue weighted by Gasteiger charge is 2.28. The van der Waals surface area contributed by atoms with Gasteiger partial charge in [0.2, 0.25) is 0 Å². The van der Waals surface area contributed by atoms with Crippen molar-refractivity contribution in [3.63, 3.8) is 0 Å². The maximum atomic E-state index is 12.7. The summed E-state index contributed by atoms with van der Waals surface area (Å²) < 4.78 is 29.0. The van der Waals surface area contributed by atoms with Crippen LogP contribution >= 0.6 is 7.82 Å². The van der Waals surface area contributed by atoms with Gasteiger partial charge in [-0.25, -0.2) is 9.55 Å². The van der Waals surface area contributed by atoms with Gasteiger partial charge in [-0.2, -0.15) is 0 Å². The van der Waals surface area contributed by atoms with Gasteiger partial charge in [0, 0.05) is 18.8 Å². The molecule has 0 bridgehead atoms. The normalized spacial score (nSPS) is 12.1. The Balaban J connectivity index is 2.72. The summed E-state index contributed by atoms with van der Waals surface area (Å²) in [6, 6.07) is 3.66. The third kappa shape index (κ3) is 6.88. The van der Waals surface area contributed by atoms with Crippen molar-refractivity contribution in [2.75, 3.05) is 25.6 Å². The zero-order valence-electron chi connectivity index (χ0n) is 14.0. The van der Waals surface area contributed by atoms with Crippen molar-refractivity contribution in [2.24, 2.45) is 11.8 Å². The second kappa shape index (κ2) is 9.26. The van der Waals surface area contributed by atoms with E-state index in [0.717, 1.165) is 5.56 Å². The summed E-state index contributed by atoms with van der Waals surface area (Å²) in [5.74, 6) is 1.17. The van der Waals surface area contributed by atoms with Crippen LogP contribution in [0.5, 0.6) is 0 Å². The summed E-state index contributed by atoms with van der Waals surface area (Å²) >= 11 is 0. The highest BCUT2D eigenvalue weighted by molar-refractivity contribution is 7.48. The standard InChI is InChI=1S/C15H27N2O4P/c1-12(2)9-19-22(18,20-10-13(3)4)21-11-14-7-6-8-17-15(14)16-5/h6-8,12-13H,9-11H2,1-5H3,(H,16,17). The van der Waals surface area contributed by atoms with Gasteiger partial charge in [0.25, 0.3) is 0 Å². The fourth-order valence-corrected chi connectivity index (χ4v) is 3.00. The zero-order chi connectivity index (χ0) is 16.6. The molecule has 1 aromatic rings. The number of rotatable bonds is 10. The molecule has 0 spiro atoms. The molecule has 7 heteroatoms. The lowest BCUT2D eigenvalue weighted by molar-refractivity contribution is 0.0912. The number of hydrogen-bond acceptors (Lipinski definition) is 6. The Hall–Kier alpha value is -0.940. The van der Waals surface area contributed by atoms with Crippen LogP contribution in [0.4, 0.5) is 5.82 Å². The van der Waals surface area contributed by atoms with E-state index in [9.17, 15) is 4.57 Å². The molecule has 126 valence electrons. The van der Waals surface area contributed by atoms with Crippen LogP contribution in [0.2, 0.25) is 0 Å². The van der Waals surface area contributed by atoms with Crippen LogP contribution in [0, 0.1) is 11.8 Å². The number of nitrogens with one attached hydrogen (secondary N) is 1. The minimum atomic E-state index is -3.58. The predicted octanol–water partition coefficient (Wildman–Crippen LogP) is 4.09. The zero-order valence-corrected chi connectivity index (χ0v) is 14.9. The van der Waals surface area contributed by atoms with Crippen LogP contribution < -0.4 is 5.32 Å². The lowest BCUT2D eigenvalue weighted by Crippen LogP contribution is -2.09. The van der Waals surface area contributed by atoms with Crippen LogP contribution in [0.3, 0.4) is 0 Å². The maximum absolute atomic E-state index is 12.7. The van der Waals surface area contributed by atoms with Crippen molar-refractivity contribution in [2.45, 2.75) is 34.3 Å². The minimum absolute atomic E-state index is 0.109. The van der Waals surface area contributed by atoms with Crippen molar-refractivity contribution in [1.29, 1.82) is 0 Å². The molecule has 22 heavy (non-hydrogen) atoms. The highest BCUT2D eigenvalue weighted by atomic mass is 31.2.